The van der Waals surface area contributed by atoms with Gasteiger partial charge < -0.3 is 29.0 Å². The van der Waals surface area contributed by atoms with Crippen LogP contribution in [-0.4, -0.2) is 28.1 Å². The van der Waals surface area contributed by atoms with Crippen LogP contribution in [0.5, 0.6) is 28.7 Å². The molecule has 0 saturated carbocycles. The van der Waals surface area contributed by atoms with Crippen LogP contribution in [-0.2, 0) is 13.1 Å². The molecule has 26 heavy (non-hydrogen) atoms. The summed E-state index contributed by atoms with van der Waals surface area (Å²) in [4.78, 5) is 0. The maximum absolute atomic E-state index is 6.20. The zero-order valence-corrected chi connectivity index (χ0v) is 16.3. The van der Waals surface area contributed by atoms with Crippen LogP contribution >= 0.6 is 24.0 Å². The van der Waals surface area contributed by atoms with Gasteiger partial charge in [-0.25, -0.2) is 0 Å². The van der Waals surface area contributed by atoms with Crippen molar-refractivity contribution in [2.24, 2.45) is 0 Å². The standard InChI is InChI=1S/C18H20ClNO5.ClH/c1-21-14-5-12(6-15(22-2)18(14)23-3)9-20-8-11-4-13(19)17-16(7-11)24-10-25-17;/h4-7,20H,8-10H2,1-3H3;1H. The SMILES string of the molecule is COc1cc(CNCc2cc(Cl)c3c(c2)OCO3)cc(OC)c1OC.Cl. The molecule has 142 valence electrons. The lowest BCUT2D eigenvalue weighted by Crippen LogP contribution is -2.13. The molecule has 2 aromatic rings. The Morgan fingerprint density at radius 1 is 0.923 bits per heavy atom. The maximum Gasteiger partial charge on any atom is 0.231 e. The van der Waals surface area contributed by atoms with Crippen LogP contribution in [0.15, 0.2) is 24.3 Å². The predicted octanol–water partition coefficient (Wildman–Crippen LogP) is 3.81. The summed E-state index contributed by atoms with van der Waals surface area (Å²) in [6.07, 6.45) is 0. The van der Waals surface area contributed by atoms with Gasteiger partial charge in [0.1, 0.15) is 0 Å². The van der Waals surface area contributed by atoms with E-state index in [4.69, 9.17) is 35.3 Å². The summed E-state index contributed by atoms with van der Waals surface area (Å²) in [5, 5.41) is 3.92. The third-order valence-corrected chi connectivity index (χ3v) is 4.15. The van der Waals surface area contributed by atoms with Gasteiger partial charge in [-0.3, -0.25) is 0 Å². The van der Waals surface area contributed by atoms with Gasteiger partial charge in [-0.1, -0.05) is 11.6 Å². The van der Waals surface area contributed by atoms with Gasteiger partial charge >= 0.3 is 0 Å². The van der Waals surface area contributed by atoms with Crippen LogP contribution in [0.1, 0.15) is 11.1 Å². The molecule has 0 aliphatic carbocycles. The largest absolute Gasteiger partial charge is 0.493 e. The Hall–Kier alpha value is -2.02. The molecule has 3 rings (SSSR count). The van der Waals surface area contributed by atoms with Gasteiger partial charge in [-0.2, -0.15) is 0 Å². The van der Waals surface area contributed by atoms with Crippen LogP contribution in [0.2, 0.25) is 5.02 Å². The Morgan fingerprint density at radius 3 is 2.12 bits per heavy atom. The van der Waals surface area contributed by atoms with E-state index in [1.54, 1.807) is 21.3 Å². The summed E-state index contributed by atoms with van der Waals surface area (Å²) in [6, 6.07) is 7.63. The lowest BCUT2D eigenvalue weighted by molar-refractivity contribution is 0.174. The van der Waals surface area contributed by atoms with E-state index in [1.807, 2.05) is 24.3 Å². The van der Waals surface area contributed by atoms with Gasteiger partial charge in [0, 0.05) is 13.1 Å². The van der Waals surface area contributed by atoms with Gasteiger partial charge in [-0.05, 0) is 35.4 Å². The molecule has 0 bridgehead atoms. The average Bonchev–Trinajstić information content (AvgIpc) is 3.10. The second-order valence-electron chi connectivity index (χ2n) is 5.45. The van der Waals surface area contributed by atoms with Gasteiger partial charge in [0.05, 0.1) is 26.4 Å². The molecule has 1 heterocycles. The molecule has 1 N–H and O–H groups in total. The molecule has 8 heteroatoms. The second kappa shape index (κ2) is 9.07. The van der Waals surface area contributed by atoms with E-state index in [1.165, 1.54) is 0 Å². The predicted molar refractivity (Wildman–Crippen MR) is 101 cm³/mol. The molecular weight excluding hydrogens is 381 g/mol. The third-order valence-electron chi connectivity index (χ3n) is 3.87. The molecule has 0 unspecified atom stereocenters. The molecule has 0 fully saturated rings. The zero-order chi connectivity index (χ0) is 17.8. The van der Waals surface area contributed by atoms with Crippen molar-refractivity contribution >= 4 is 24.0 Å². The molecule has 0 radical (unpaired) electrons. The number of ether oxygens (including phenoxy) is 5. The molecule has 1 aliphatic rings. The van der Waals surface area contributed by atoms with Crippen LogP contribution in [0.3, 0.4) is 0 Å². The van der Waals surface area contributed by atoms with Crippen molar-refractivity contribution in [1.29, 1.82) is 0 Å². The van der Waals surface area contributed by atoms with Gasteiger partial charge in [-0.15, -0.1) is 12.4 Å². The van der Waals surface area contributed by atoms with E-state index in [-0.39, 0.29) is 19.2 Å². The summed E-state index contributed by atoms with van der Waals surface area (Å²) < 4.78 is 26.8. The Kier molecular flexibility index (Phi) is 7.08. The minimum atomic E-state index is 0. The van der Waals surface area contributed by atoms with Crippen molar-refractivity contribution in [3.8, 4) is 28.7 Å². The smallest absolute Gasteiger partial charge is 0.231 e. The molecule has 0 amide bonds. The zero-order valence-electron chi connectivity index (χ0n) is 14.8. The lowest BCUT2D eigenvalue weighted by atomic mass is 10.1. The number of rotatable bonds is 7. The quantitative estimate of drug-likeness (QED) is 0.760. The molecule has 2 aromatic carbocycles. The normalized spacial score (nSPS) is 11.7. The number of hydrogen-bond donors (Lipinski definition) is 1. The topological polar surface area (TPSA) is 58.2 Å². The highest BCUT2D eigenvalue weighted by molar-refractivity contribution is 6.32. The number of fused-ring (bicyclic) bond motifs is 1. The monoisotopic (exact) mass is 401 g/mol. The maximum atomic E-state index is 6.20. The van der Waals surface area contributed by atoms with Crippen LogP contribution in [0.4, 0.5) is 0 Å². The van der Waals surface area contributed by atoms with Crippen molar-refractivity contribution in [1.82, 2.24) is 5.32 Å². The van der Waals surface area contributed by atoms with Crippen molar-refractivity contribution in [2.75, 3.05) is 28.1 Å². The fraction of sp³-hybridized carbons (Fsp3) is 0.333. The first-order valence-corrected chi connectivity index (χ1v) is 8.11. The number of nitrogens with one attached hydrogen (secondary N) is 1. The Morgan fingerprint density at radius 2 is 1.54 bits per heavy atom. The molecule has 0 aromatic heterocycles. The molecule has 0 saturated heterocycles. The summed E-state index contributed by atoms with van der Waals surface area (Å²) in [5.41, 5.74) is 2.03. The average molecular weight is 402 g/mol. The van der Waals surface area contributed by atoms with Crippen molar-refractivity contribution in [2.45, 2.75) is 13.1 Å². The van der Waals surface area contributed by atoms with Crippen LogP contribution < -0.4 is 29.0 Å². The van der Waals surface area contributed by atoms with E-state index in [0.717, 1.165) is 11.1 Å². The van der Waals surface area contributed by atoms with E-state index >= 15 is 0 Å². The van der Waals surface area contributed by atoms with Crippen molar-refractivity contribution < 1.29 is 23.7 Å². The first kappa shape index (κ1) is 20.3. The highest BCUT2D eigenvalue weighted by Crippen LogP contribution is 2.40. The van der Waals surface area contributed by atoms with Gasteiger partial charge in [0.15, 0.2) is 23.0 Å². The lowest BCUT2D eigenvalue weighted by Gasteiger charge is -2.14. The van der Waals surface area contributed by atoms with Gasteiger partial charge in [0.25, 0.3) is 0 Å². The Balaban J connectivity index is 0.00000243. The minimum absolute atomic E-state index is 0. The summed E-state index contributed by atoms with van der Waals surface area (Å²) >= 11 is 6.20. The summed E-state index contributed by atoms with van der Waals surface area (Å²) in [5.74, 6) is 3.12. The number of hydrogen-bond acceptors (Lipinski definition) is 6. The molecule has 1 aliphatic heterocycles. The van der Waals surface area contributed by atoms with Gasteiger partial charge in [0.2, 0.25) is 12.5 Å². The van der Waals surface area contributed by atoms with E-state index in [0.29, 0.717) is 46.9 Å². The number of methoxy groups -OCH3 is 3. The fourth-order valence-corrected chi connectivity index (χ4v) is 3.00. The molecule has 0 spiro atoms. The first-order valence-electron chi connectivity index (χ1n) is 7.74. The van der Waals surface area contributed by atoms with Crippen molar-refractivity contribution in [3.05, 3.63) is 40.4 Å². The minimum Gasteiger partial charge on any atom is -0.493 e. The summed E-state index contributed by atoms with van der Waals surface area (Å²) in [7, 11) is 4.79. The molecule has 6 nitrogen and oxygen atoms in total. The second-order valence-corrected chi connectivity index (χ2v) is 5.86. The Bertz CT molecular complexity index is 744. The molecular formula is C18H21Cl2NO5. The van der Waals surface area contributed by atoms with E-state index < -0.39 is 0 Å². The van der Waals surface area contributed by atoms with E-state index in [2.05, 4.69) is 5.32 Å². The van der Waals surface area contributed by atoms with Crippen molar-refractivity contribution in [3.63, 3.8) is 0 Å². The number of halogens is 2. The highest BCUT2D eigenvalue weighted by atomic mass is 35.5. The van der Waals surface area contributed by atoms with Crippen LogP contribution in [0.25, 0.3) is 0 Å². The highest BCUT2D eigenvalue weighted by Gasteiger charge is 2.18. The molecule has 0 atom stereocenters. The van der Waals surface area contributed by atoms with E-state index in [9.17, 15) is 0 Å². The van der Waals surface area contributed by atoms with Crippen LogP contribution in [0, 0.1) is 0 Å². The third kappa shape index (κ3) is 4.20. The number of benzene rings is 2. The summed E-state index contributed by atoms with van der Waals surface area (Å²) in [6.45, 7) is 1.47. The first-order chi connectivity index (χ1) is 12.2. The Labute approximate surface area is 163 Å². The fourth-order valence-electron chi connectivity index (χ4n) is 2.71.